The lowest BCUT2D eigenvalue weighted by atomic mass is 9.63. The molecule has 1 aromatic carbocycles. The highest BCUT2D eigenvalue weighted by atomic mass is 35.5. The first-order valence-corrected chi connectivity index (χ1v) is 12.1. The minimum atomic E-state index is 0.105. The number of nitrogens with one attached hydrogen (secondary N) is 1. The largest absolute Gasteiger partial charge is 0.376 e. The molecule has 4 atom stereocenters. The van der Waals surface area contributed by atoms with E-state index in [4.69, 9.17) is 29.6 Å². The molecule has 5 aliphatic carbocycles. The summed E-state index contributed by atoms with van der Waals surface area (Å²) in [6.45, 7) is 0.831. The Morgan fingerprint density at radius 2 is 1.82 bits per heavy atom. The zero-order valence-corrected chi connectivity index (χ0v) is 18.3. The van der Waals surface area contributed by atoms with Crippen molar-refractivity contribution in [2.45, 2.75) is 69.2 Å². The Balaban J connectivity index is 1.41. The van der Waals surface area contributed by atoms with E-state index in [1.807, 2.05) is 0 Å². The van der Waals surface area contributed by atoms with Gasteiger partial charge in [0.2, 0.25) is 0 Å². The van der Waals surface area contributed by atoms with Gasteiger partial charge in [-0.3, -0.25) is 0 Å². The first-order chi connectivity index (χ1) is 13.5. The van der Waals surface area contributed by atoms with Crippen LogP contribution in [0.4, 0.5) is 0 Å². The van der Waals surface area contributed by atoms with Gasteiger partial charge in [-0.25, -0.2) is 0 Å². The average Bonchev–Trinajstić information content (AvgIpc) is 3.09. The van der Waals surface area contributed by atoms with Gasteiger partial charge >= 0.3 is 0 Å². The smallest absolute Gasteiger partial charge is 0.0824 e. The second-order valence-electron chi connectivity index (χ2n) is 10.4. The van der Waals surface area contributed by atoms with Crippen LogP contribution < -0.4 is 11.1 Å². The molecule has 4 unspecified atom stereocenters. The highest BCUT2D eigenvalue weighted by molar-refractivity contribution is 7.80. The molecule has 0 spiro atoms. The SMILES string of the molecule is NC[C@H]1CC[C@H](NC(=S)C23CC4CC(c5ccccc5)(CC2(CCl)C4)C3)CC1. The van der Waals surface area contributed by atoms with Gasteiger partial charge < -0.3 is 11.1 Å². The van der Waals surface area contributed by atoms with E-state index >= 15 is 0 Å². The third-order valence-corrected chi connectivity index (χ3v) is 9.94. The lowest BCUT2D eigenvalue weighted by Gasteiger charge is -2.43. The van der Waals surface area contributed by atoms with Crippen LogP contribution in [0.3, 0.4) is 0 Å². The van der Waals surface area contributed by atoms with Gasteiger partial charge in [0.25, 0.3) is 0 Å². The van der Waals surface area contributed by atoms with E-state index in [9.17, 15) is 0 Å². The van der Waals surface area contributed by atoms with Gasteiger partial charge in [0.05, 0.1) is 4.99 Å². The van der Waals surface area contributed by atoms with Crippen molar-refractivity contribution in [1.82, 2.24) is 5.32 Å². The van der Waals surface area contributed by atoms with Crippen LogP contribution in [0.25, 0.3) is 0 Å². The van der Waals surface area contributed by atoms with Crippen LogP contribution in [-0.2, 0) is 5.41 Å². The van der Waals surface area contributed by atoms with E-state index < -0.39 is 0 Å². The summed E-state index contributed by atoms with van der Waals surface area (Å²) in [6, 6.07) is 11.7. The molecule has 4 heteroatoms. The number of hydrogen-bond acceptors (Lipinski definition) is 2. The maximum atomic E-state index is 6.75. The zero-order chi connectivity index (χ0) is 19.4. The fourth-order valence-corrected chi connectivity index (χ4v) is 8.78. The molecule has 4 bridgehead atoms. The number of alkyl halides is 1. The summed E-state index contributed by atoms with van der Waals surface area (Å²) in [5.74, 6) is 2.23. The first kappa shape index (κ1) is 19.3. The monoisotopic (exact) mass is 416 g/mol. The molecule has 6 rings (SSSR count). The molecule has 0 saturated heterocycles. The molecule has 0 radical (unpaired) electrons. The Bertz CT molecular complexity index is 746. The molecule has 0 aliphatic heterocycles. The predicted molar refractivity (Wildman–Crippen MR) is 121 cm³/mol. The van der Waals surface area contributed by atoms with E-state index in [1.165, 1.54) is 63.4 Å². The minimum Gasteiger partial charge on any atom is -0.376 e. The summed E-state index contributed by atoms with van der Waals surface area (Å²) in [5.41, 5.74) is 7.97. The standard InChI is InChI=1S/C24H33ClN2S/c25-16-23-11-18-10-22(14-23,19-4-2-1-3-5-19)15-24(23,12-18)21(28)27-20-8-6-17(13-26)7-9-20/h1-5,17-18,20H,6-16,26H2,(H,27,28)/t17-,18?,20-,22?,23?,24?. The molecule has 28 heavy (non-hydrogen) atoms. The Morgan fingerprint density at radius 1 is 1.07 bits per heavy atom. The molecule has 0 amide bonds. The van der Waals surface area contributed by atoms with Crippen LogP contribution in [0.5, 0.6) is 0 Å². The van der Waals surface area contributed by atoms with Gasteiger partial charge in [0.1, 0.15) is 0 Å². The molecule has 5 aliphatic rings. The summed E-state index contributed by atoms with van der Waals surface area (Å²) in [6.07, 6.45) is 11.1. The van der Waals surface area contributed by atoms with Gasteiger partial charge in [-0.05, 0) is 92.6 Å². The Labute approximate surface area is 180 Å². The van der Waals surface area contributed by atoms with Gasteiger partial charge in [0.15, 0.2) is 0 Å². The van der Waals surface area contributed by atoms with Gasteiger partial charge in [-0.15, -0.1) is 11.6 Å². The normalized spacial score (nSPS) is 44.0. The third-order valence-electron chi connectivity index (χ3n) is 8.92. The van der Waals surface area contributed by atoms with Gasteiger partial charge in [-0.1, -0.05) is 42.5 Å². The van der Waals surface area contributed by atoms with E-state index in [0.717, 1.165) is 23.3 Å². The van der Waals surface area contributed by atoms with E-state index in [0.29, 0.717) is 12.0 Å². The van der Waals surface area contributed by atoms with E-state index in [-0.39, 0.29) is 16.2 Å². The Hall–Kier alpha value is -0.640. The molecule has 1 aromatic rings. The topological polar surface area (TPSA) is 38.0 Å². The summed E-state index contributed by atoms with van der Waals surface area (Å²) in [7, 11) is 0. The quantitative estimate of drug-likeness (QED) is 0.513. The minimum absolute atomic E-state index is 0.105. The van der Waals surface area contributed by atoms with Crippen molar-refractivity contribution < 1.29 is 0 Å². The number of halogens is 1. The maximum Gasteiger partial charge on any atom is 0.0824 e. The van der Waals surface area contributed by atoms with E-state index in [1.54, 1.807) is 0 Å². The summed E-state index contributed by atoms with van der Waals surface area (Å²) < 4.78 is 0. The molecule has 0 aromatic heterocycles. The zero-order valence-electron chi connectivity index (χ0n) is 16.8. The third kappa shape index (κ3) is 2.72. The van der Waals surface area contributed by atoms with E-state index in [2.05, 4.69) is 35.6 Å². The number of hydrogen-bond donors (Lipinski definition) is 2. The average molecular weight is 417 g/mol. The fourth-order valence-electron chi connectivity index (χ4n) is 7.78. The summed E-state index contributed by atoms with van der Waals surface area (Å²) in [4.78, 5) is 1.14. The summed E-state index contributed by atoms with van der Waals surface area (Å²) >= 11 is 12.9. The maximum absolute atomic E-state index is 6.75. The van der Waals surface area contributed by atoms with Crippen molar-refractivity contribution in [2.75, 3.05) is 12.4 Å². The van der Waals surface area contributed by atoms with Gasteiger partial charge in [-0.2, -0.15) is 0 Å². The van der Waals surface area contributed by atoms with Gasteiger partial charge in [0, 0.05) is 17.3 Å². The molecular weight excluding hydrogens is 384 g/mol. The second-order valence-corrected chi connectivity index (χ2v) is 11.1. The summed E-state index contributed by atoms with van der Waals surface area (Å²) in [5, 5.41) is 3.87. The first-order valence-electron chi connectivity index (χ1n) is 11.2. The predicted octanol–water partition coefficient (Wildman–Crippen LogP) is 5.18. The lowest BCUT2D eigenvalue weighted by molar-refractivity contribution is 0.192. The fraction of sp³-hybridized carbons (Fsp3) is 0.708. The number of benzene rings is 1. The number of nitrogens with two attached hydrogens (primary N) is 1. The van der Waals surface area contributed by atoms with Crippen LogP contribution in [0.15, 0.2) is 30.3 Å². The van der Waals surface area contributed by atoms with Crippen LogP contribution in [0.2, 0.25) is 0 Å². The molecule has 2 nitrogen and oxygen atoms in total. The molecule has 3 N–H and O–H groups in total. The van der Waals surface area contributed by atoms with Crippen LogP contribution in [-0.4, -0.2) is 23.5 Å². The number of rotatable bonds is 5. The number of thiocarbonyl (C=S) groups is 1. The Kier molecular flexibility index (Phi) is 4.80. The van der Waals surface area contributed by atoms with Crippen LogP contribution in [0.1, 0.15) is 63.4 Å². The van der Waals surface area contributed by atoms with Crippen molar-refractivity contribution in [2.24, 2.45) is 28.4 Å². The highest BCUT2D eigenvalue weighted by Crippen LogP contribution is 2.77. The molecule has 5 fully saturated rings. The molecule has 152 valence electrons. The second kappa shape index (κ2) is 6.96. The Morgan fingerprint density at radius 3 is 2.50 bits per heavy atom. The lowest BCUT2D eigenvalue weighted by Crippen LogP contribution is -2.50. The van der Waals surface area contributed by atoms with Crippen molar-refractivity contribution in [3.8, 4) is 0 Å². The molecule has 0 heterocycles. The van der Waals surface area contributed by atoms with Crippen molar-refractivity contribution in [3.63, 3.8) is 0 Å². The van der Waals surface area contributed by atoms with Crippen molar-refractivity contribution in [1.29, 1.82) is 0 Å². The highest BCUT2D eigenvalue weighted by Gasteiger charge is 2.72. The van der Waals surface area contributed by atoms with Crippen molar-refractivity contribution in [3.05, 3.63) is 35.9 Å². The van der Waals surface area contributed by atoms with Crippen LogP contribution in [0, 0.1) is 22.7 Å². The molecule has 5 saturated carbocycles. The molecular formula is C24H33ClN2S. The van der Waals surface area contributed by atoms with Crippen molar-refractivity contribution >= 4 is 28.8 Å². The van der Waals surface area contributed by atoms with Crippen LogP contribution >= 0.6 is 23.8 Å².